The molecular weight excluding hydrogens is 321 g/mol. The van der Waals surface area contributed by atoms with E-state index in [2.05, 4.69) is 0 Å². The fraction of sp³-hybridized carbons (Fsp3) is 0.550. The van der Waals surface area contributed by atoms with Crippen LogP contribution in [0.1, 0.15) is 38.7 Å². The molecule has 1 aromatic rings. The van der Waals surface area contributed by atoms with Gasteiger partial charge in [0.25, 0.3) is 0 Å². The molecule has 1 N–H and O–H groups in total. The van der Waals surface area contributed by atoms with Gasteiger partial charge in [-0.25, -0.2) is 4.39 Å². The second-order valence-electron chi connectivity index (χ2n) is 7.09. The molecule has 2 aliphatic rings. The molecule has 0 bridgehead atoms. The molecule has 1 saturated heterocycles. The van der Waals surface area contributed by atoms with Gasteiger partial charge in [0.1, 0.15) is 5.82 Å². The van der Waals surface area contributed by atoms with Crippen LogP contribution >= 0.6 is 0 Å². The summed E-state index contributed by atoms with van der Waals surface area (Å²) in [5, 5.41) is 10.2. The smallest absolute Gasteiger partial charge is 0.246 e. The number of likely N-dealkylation sites (tertiary alicyclic amines) is 1. The molecule has 0 radical (unpaired) electrons. The van der Waals surface area contributed by atoms with Gasteiger partial charge >= 0.3 is 0 Å². The van der Waals surface area contributed by atoms with Gasteiger partial charge < -0.3 is 14.7 Å². The largest absolute Gasteiger partial charge is 0.392 e. The monoisotopic (exact) mass is 347 g/mol. The Morgan fingerprint density at radius 2 is 2.16 bits per heavy atom. The zero-order chi connectivity index (χ0) is 18.0. The van der Waals surface area contributed by atoms with Crippen LogP contribution in [0.4, 0.5) is 4.39 Å². The van der Waals surface area contributed by atoms with E-state index in [1.165, 1.54) is 12.1 Å². The number of halogens is 1. The Hall–Kier alpha value is -1.72. The second-order valence-corrected chi connectivity index (χ2v) is 7.09. The molecule has 1 spiro atoms. The first-order valence-electron chi connectivity index (χ1n) is 8.99. The number of rotatable bonds is 4. The number of carbonyl (C=O) groups is 1. The van der Waals surface area contributed by atoms with E-state index >= 15 is 0 Å². The lowest BCUT2D eigenvalue weighted by Gasteiger charge is -2.56. The zero-order valence-electron chi connectivity index (χ0n) is 14.9. The Morgan fingerprint density at radius 1 is 1.44 bits per heavy atom. The molecule has 2 unspecified atom stereocenters. The van der Waals surface area contributed by atoms with Gasteiger partial charge in [-0.3, -0.25) is 4.79 Å². The fourth-order valence-electron chi connectivity index (χ4n) is 4.05. The van der Waals surface area contributed by atoms with E-state index in [9.17, 15) is 14.3 Å². The highest BCUT2D eigenvalue weighted by molar-refractivity contribution is 5.94. The Bertz CT molecular complexity index is 663. The van der Waals surface area contributed by atoms with Crippen LogP contribution < -0.4 is 0 Å². The van der Waals surface area contributed by atoms with E-state index in [1.54, 1.807) is 18.2 Å². The average molecular weight is 347 g/mol. The van der Waals surface area contributed by atoms with Crippen molar-refractivity contribution in [2.24, 2.45) is 5.41 Å². The van der Waals surface area contributed by atoms with Crippen molar-refractivity contribution < 1.29 is 19.0 Å². The van der Waals surface area contributed by atoms with Crippen molar-refractivity contribution >= 4 is 11.5 Å². The van der Waals surface area contributed by atoms with E-state index in [-0.39, 0.29) is 29.3 Å². The minimum atomic E-state index is -0.328. The highest BCUT2D eigenvalue weighted by atomic mass is 19.1. The van der Waals surface area contributed by atoms with Gasteiger partial charge in [0.15, 0.2) is 0 Å². The fourth-order valence-corrected chi connectivity index (χ4v) is 4.05. The summed E-state index contributed by atoms with van der Waals surface area (Å²) in [6, 6.07) is 6.26. The number of carbonyl (C=O) groups excluding carboxylic acids is 1. The lowest BCUT2D eigenvalue weighted by Crippen LogP contribution is -2.62. The number of amides is 1. The number of nitrogens with zero attached hydrogens (tertiary/aromatic N) is 1. The Labute approximate surface area is 148 Å². The predicted molar refractivity (Wildman–Crippen MR) is 94.3 cm³/mol. The maximum absolute atomic E-state index is 13.3. The number of aliphatic hydroxyl groups excluding tert-OH is 1. The highest BCUT2D eigenvalue weighted by Gasteiger charge is 2.56. The van der Waals surface area contributed by atoms with E-state index in [0.29, 0.717) is 31.7 Å². The van der Waals surface area contributed by atoms with Crippen LogP contribution in [0, 0.1) is 11.2 Å². The van der Waals surface area contributed by atoms with Gasteiger partial charge in [-0.1, -0.05) is 12.1 Å². The van der Waals surface area contributed by atoms with Gasteiger partial charge in [-0.15, -0.1) is 0 Å². The molecule has 0 aromatic heterocycles. The molecule has 1 aliphatic heterocycles. The van der Waals surface area contributed by atoms with Gasteiger partial charge in [-0.05, 0) is 50.0 Å². The van der Waals surface area contributed by atoms with Crippen molar-refractivity contribution in [3.8, 4) is 0 Å². The number of piperidine rings is 1. The first-order chi connectivity index (χ1) is 12.0. The third-order valence-electron chi connectivity index (χ3n) is 5.74. The Kier molecular flexibility index (Phi) is 5.25. The van der Waals surface area contributed by atoms with Gasteiger partial charge in [0.05, 0.1) is 12.2 Å². The summed E-state index contributed by atoms with van der Waals surface area (Å²) < 4.78 is 19.1. The molecule has 2 atom stereocenters. The van der Waals surface area contributed by atoms with Crippen LogP contribution in [0.15, 0.2) is 30.3 Å². The molecule has 1 saturated carbocycles. The number of hydrogen-bond donors (Lipinski definition) is 1. The maximum atomic E-state index is 13.3. The molecule has 136 valence electrons. The number of allylic oxidation sites excluding steroid dienone is 1. The van der Waals surface area contributed by atoms with Crippen LogP contribution in [-0.4, -0.2) is 47.8 Å². The van der Waals surface area contributed by atoms with E-state index in [4.69, 9.17) is 4.74 Å². The Balaban J connectivity index is 1.63. The highest BCUT2D eigenvalue weighted by Crippen LogP contribution is 2.50. The van der Waals surface area contributed by atoms with E-state index < -0.39 is 0 Å². The SMILES string of the molecule is CCOC1CC(O)C12CCN(C(=O)/C=C(/C)c1cccc(F)c1)CC2. The predicted octanol–water partition coefficient (Wildman–Crippen LogP) is 3.01. The first-order valence-corrected chi connectivity index (χ1v) is 8.99. The van der Waals surface area contributed by atoms with Crippen LogP contribution in [-0.2, 0) is 9.53 Å². The Morgan fingerprint density at radius 3 is 2.76 bits per heavy atom. The molecule has 2 fully saturated rings. The van der Waals surface area contributed by atoms with Gasteiger partial charge in [0, 0.05) is 37.6 Å². The normalized spacial score (nSPS) is 25.8. The maximum Gasteiger partial charge on any atom is 0.246 e. The average Bonchev–Trinajstić information content (AvgIpc) is 2.61. The van der Waals surface area contributed by atoms with Crippen LogP contribution in [0.3, 0.4) is 0 Å². The number of aliphatic hydroxyl groups is 1. The minimum Gasteiger partial charge on any atom is -0.392 e. The van der Waals surface area contributed by atoms with Crippen LogP contribution in [0.5, 0.6) is 0 Å². The summed E-state index contributed by atoms with van der Waals surface area (Å²) in [6.45, 7) is 5.67. The third-order valence-corrected chi connectivity index (χ3v) is 5.74. The first kappa shape index (κ1) is 18.1. The molecule has 1 heterocycles. The lowest BCUT2D eigenvalue weighted by molar-refractivity contribution is -0.209. The van der Waals surface area contributed by atoms with Crippen molar-refractivity contribution in [2.45, 2.75) is 45.3 Å². The third kappa shape index (κ3) is 3.48. The summed E-state index contributed by atoms with van der Waals surface area (Å²) >= 11 is 0. The molecule has 1 aliphatic carbocycles. The summed E-state index contributed by atoms with van der Waals surface area (Å²) in [6.07, 6.45) is 3.57. The standard InChI is InChI=1S/C20H26FNO3/c1-3-25-18-13-17(23)20(18)7-9-22(10-8-20)19(24)11-14(2)15-5-4-6-16(21)12-15/h4-6,11-12,17-18,23H,3,7-10,13H2,1-2H3/b14-11-. The summed E-state index contributed by atoms with van der Waals surface area (Å²) in [4.78, 5) is 14.3. The quantitative estimate of drug-likeness (QED) is 0.852. The molecule has 5 heteroatoms. The molecule has 1 amide bonds. The molecular formula is C20H26FNO3. The lowest BCUT2D eigenvalue weighted by atomic mass is 9.58. The molecule has 4 nitrogen and oxygen atoms in total. The molecule has 1 aromatic carbocycles. The van der Waals surface area contributed by atoms with Gasteiger partial charge in [0.2, 0.25) is 5.91 Å². The summed E-state index contributed by atoms with van der Waals surface area (Å²) in [5.41, 5.74) is 1.28. The van der Waals surface area contributed by atoms with Crippen LogP contribution in [0.2, 0.25) is 0 Å². The molecule has 25 heavy (non-hydrogen) atoms. The van der Waals surface area contributed by atoms with Crippen molar-refractivity contribution in [1.29, 1.82) is 0 Å². The van der Waals surface area contributed by atoms with Crippen LogP contribution in [0.25, 0.3) is 5.57 Å². The molecule has 3 rings (SSSR count). The second kappa shape index (κ2) is 7.26. The van der Waals surface area contributed by atoms with E-state index in [0.717, 1.165) is 18.4 Å². The number of benzene rings is 1. The minimum absolute atomic E-state index is 0.0571. The van der Waals surface area contributed by atoms with Crippen molar-refractivity contribution in [2.75, 3.05) is 19.7 Å². The van der Waals surface area contributed by atoms with Crippen molar-refractivity contribution in [1.82, 2.24) is 4.90 Å². The summed E-state index contributed by atoms with van der Waals surface area (Å²) in [7, 11) is 0. The van der Waals surface area contributed by atoms with Crippen molar-refractivity contribution in [3.05, 3.63) is 41.7 Å². The van der Waals surface area contributed by atoms with Gasteiger partial charge in [-0.2, -0.15) is 0 Å². The number of hydrogen-bond acceptors (Lipinski definition) is 3. The summed E-state index contributed by atoms with van der Waals surface area (Å²) in [5.74, 6) is -0.364. The van der Waals surface area contributed by atoms with Crippen molar-refractivity contribution in [3.63, 3.8) is 0 Å². The topological polar surface area (TPSA) is 49.8 Å². The van der Waals surface area contributed by atoms with E-state index in [1.807, 2.05) is 18.7 Å². The zero-order valence-corrected chi connectivity index (χ0v) is 14.9. The number of ether oxygens (including phenoxy) is 1.